The van der Waals surface area contributed by atoms with Crippen LogP contribution in [0.25, 0.3) is 0 Å². The summed E-state index contributed by atoms with van der Waals surface area (Å²) in [5.74, 6) is -0.777. The molecule has 0 bridgehead atoms. The van der Waals surface area contributed by atoms with Crippen molar-refractivity contribution < 1.29 is 14.3 Å². The number of ether oxygens (including phenoxy) is 1. The van der Waals surface area contributed by atoms with Gasteiger partial charge in [-0.25, -0.2) is 0 Å². The molecule has 1 fully saturated rings. The van der Waals surface area contributed by atoms with Gasteiger partial charge in [0.1, 0.15) is 0 Å². The van der Waals surface area contributed by atoms with Crippen molar-refractivity contribution in [2.24, 2.45) is 5.92 Å². The molecule has 2 rings (SSSR count). The molecule has 0 radical (unpaired) electrons. The maximum absolute atomic E-state index is 12.0. The second-order valence-corrected chi connectivity index (χ2v) is 4.64. The maximum Gasteiger partial charge on any atom is 0.311 e. The zero-order chi connectivity index (χ0) is 13.8. The van der Waals surface area contributed by atoms with Crippen molar-refractivity contribution in [1.82, 2.24) is 5.32 Å². The maximum atomic E-state index is 12.0. The van der Waals surface area contributed by atoms with E-state index in [0.29, 0.717) is 25.3 Å². The topological polar surface area (TPSA) is 81.4 Å². The van der Waals surface area contributed by atoms with Gasteiger partial charge in [0.25, 0.3) is 0 Å². The van der Waals surface area contributed by atoms with Crippen LogP contribution < -0.4 is 11.1 Å². The predicted octanol–water partition coefficient (Wildman–Crippen LogP) is 1.05. The molecule has 5 nitrogen and oxygen atoms in total. The van der Waals surface area contributed by atoms with E-state index >= 15 is 0 Å². The number of nitrogen functional groups attached to an aromatic ring is 1. The van der Waals surface area contributed by atoms with Gasteiger partial charge < -0.3 is 15.8 Å². The van der Waals surface area contributed by atoms with Crippen molar-refractivity contribution in [2.45, 2.75) is 19.3 Å². The first kappa shape index (κ1) is 13.4. The molecule has 1 aromatic rings. The summed E-state index contributed by atoms with van der Waals surface area (Å²) >= 11 is 0. The number of hydrogen-bond donors (Lipinski definition) is 2. The summed E-state index contributed by atoms with van der Waals surface area (Å²) in [6.07, 6.45) is 0.299. The van der Waals surface area contributed by atoms with Crippen LogP contribution >= 0.6 is 0 Å². The number of carbonyl (C=O) groups excluding carboxylic acids is 2. The number of rotatable bonds is 3. The number of nitrogens with one attached hydrogen (secondary N) is 1. The van der Waals surface area contributed by atoms with E-state index in [-0.39, 0.29) is 23.7 Å². The predicted molar refractivity (Wildman–Crippen MR) is 71.3 cm³/mol. The molecular formula is C14H18N2O3. The number of benzene rings is 1. The standard InChI is InChI=1S/C14H18N2O3/c1-2-19-14(18)12-8-16-13(17)7-11(12)9-3-5-10(15)6-4-9/h3-6,11-12H,2,7-8,15H2,1H3,(H,16,17). The number of nitrogens with two attached hydrogens (primary N) is 1. The number of amides is 1. The van der Waals surface area contributed by atoms with E-state index in [1.807, 2.05) is 12.1 Å². The molecule has 0 aliphatic carbocycles. The summed E-state index contributed by atoms with van der Waals surface area (Å²) in [4.78, 5) is 23.5. The van der Waals surface area contributed by atoms with Gasteiger partial charge in [0.2, 0.25) is 5.91 Å². The minimum Gasteiger partial charge on any atom is -0.466 e. The zero-order valence-corrected chi connectivity index (χ0v) is 10.9. The lowest BCUT2D eigenvalue weighted by Gasteiger charge is -2.30. The molecular weight excluding hydrogens is 244 g/mol. The van der Waals surface area contributed by atoms with E-state index in [0.717, 1.165) is 5.56 Å². The SMILES string of the molecule is CCOC(=O)C1CNC(=O)CC1c1ccc(N)cc1. The highest BCUT2D eigenvalue weighted by Gasteiger charge is 2.36. The van der Waals surface area contributed by atoms with Crippen LogP contribution in [0.4, 0.5) is 5.69 Å². The highest BCUT2D eigenvalue weighted by atomic mass is 16.5. The summed E-state index contributed by atoms with van der Waals surface area (Å²) in [5, 5.41) is 2.72. The lowest BCUT2D eigenvalue weighted by atomic mass is 9.81. The molecule has 102 valence electrons. The first-order valence-electron chi connectivity index (χ1n) is 6.40. The fourth-order valence-electron chi connectivity index (χ4n) is 2.37. The van der Waals surface area contributed by atoms with Crippen LogP contribution in [-0.2, 0) is 14.3 Å². The van der Waals surface area contributed by atoms with Crippen molar-refractivity contribution >= 4 is 17.6 Å². The third-order valence-corrected chi connectivity index (χ3v) is 3.36. The molecule has 1 heterocycles. The lowest BCUT2D eigenvalue weighted by Crippen LogP contribution is -2.43. The van der Waals surface area contributed by atoms with E-state index in [1.165, 1.54) is 0 Å². The third kappa shape index (κ3) is 3.05. The van der Waals surface area contributed by atoms with Crippen LogP contribution in [-0.4, -0.2) is 25.0 Å². The third-order valence-electron chi connectivity index (χ3n) is 3.36. The summed E-state index contributed by atoms with van der Waals surface area (Å²) in [5.41, 5.74) is 7.26. The molecule has 2 unspecified atom stereocenters. The molecule has 0 spiro atoms. The molecule has 5 heteroatoms. The van der Waals surface area contributed by atoms with Crippen molar-refractivity contribution in [3.05, 3.63) is 29.8 Å². The highest BCUT2D eigenvalue weighted by molar-refractivity contribution is 5.83. The first-order chi connectivity index (χ1) is 9.11. The molecule has 1 aliphatic heterocycles. The number of piperidine rings is 1. The molecule has 19 heavy (non-hydrogen) atoms. The number of esters is 1. The largest absolute Gasteiger partial charge is 0.466 e. The van der Waals surface area contributed by atoms with E-state index in [9.17, 15) is 9.59 Å². The molecule has 1 amide bonds. The Kier molecular flexibility index (Phi) is 4.04. The fraction of sp³-hybridized carbons (Fsp3) is 0.429. The van der Waals surface area contributed by atoms with Gasteiger partial charge in [0, 0.05) is 24.6 Å². The summed E-state index contributed by atoms with van der Waals surface area (Å²) in [6, 6.07) is 7.30. The van der Waals surface area contributed by atoms with Crippen LogP contribution in [0.1, 0.15) is 24.8 Å². The fourth-order valence-corrected chi connectivity index (χ4v) is 2.37. The lowest BCUT2D eigenvalue weighted by molar-refractivity contribution is -0.150. The Labute approximate surface area is 112 Å². The average molecular weight is 262 g/mol. The van der Waals surface area contributed by atoms with Crippen LogP contribution in [0, 0.1) is 5.92 Å². The Morgan fingerprint density at radius 1 is 1.42 bits per heavy atom. The van der Waals surface area contributed by atoms with Crippen molar-refractivity contribution in [1.29, 1.82) is 0 Å². The van der Waals surface area contributed by atoms with Crippen molar-refractivity contribution in [3.63, 3.8) is 0 Å². The number of anilines is 1. The smallest absolute Gasteiger partial charge is 0.311 e. The number of carbonyl (C=O) groups is 2. The Bertz CT molecular complexity index is 470. The van der Waals surface area contributed by atoms with E-state index < -0.39 is 0 Å². The zero-order valence-electron chi connectivity index (χ0n) is 10.9. The Balaban J connectivity index is 2.23. The molecule has 1 aliphatic rings. The Morgan fingerprint density at radius 2 is 2.11 bits per heavy atom. The van der Waals surface area contributed by atoms with Crippen LogP contribution in [0.2, 0.25) is 0 Å². The summed E-state index contributed by atoms with van der Waals surface area (Å²) in [7, 11) is 0. The summed E-state index contributed by atoms with van der Waals surface area (Å²) < 4.78 is 5.08. The molecule has 3 N–H and O–H groups in total. The van der Waals surface area contributed by atoms with E-state index in [2.05, 4.69) is 5.32 Å². The second-order valence-electron chi connectivity index (χ2n) is 4.64. The molecule has 2 atom stereocenters. The Morgan fingerprint density at radius 3 is 2.74 bits per heavy atom. The first-order valence-corrected chi connectivity index (χ1v) is 6.40. The van der Waals surface area contributed by atoms with Gasteiger partial charge in [-0.2, -0.15) is 0 Å². The summed E-state index contributed by atoms with van der Waals surface area (Å²) in [6.45, 7) is 2.45. The van der Waals surface area contributed by atoms with Gasteiger partial charge in [0.15, 0.2) is 0 Å². The van der Waals surface area contributed by atoms with Crippen LogP contribution in [0.5, 0.6) is 0 Å². The minimum absolute atomic E-state index is 0.0395. The van der Waals surface area contributed by atoms with E-state index in [4.69, 9.17) is 10.5 Å². The van der Waals surface area contributed by atoms with Crippen LogP contribution in [0.15, 0.2) is 24.3 Å². The van der Waals surface area contributed by atoms with Gasteiger partial charge in [-0.15, -0.1) is 0 Å². The van der Waals surface area contributed by atoms with Gasteiger partial charge >= 0.3 is 5.97 Å². The monoisotopic (exact) mass is 262 g/mol. The van der Waals surface area contributed by atoms with Gasteiger partial charge in [-0.1, -0.05) is 12.1 Å². The minimum atomic E-state index is -0.332. The normalized spacial score (nSPS) is 22.7. The van der Waals surface area contributed by atoms with E-state index in [1.54, 1.807) is 19.1 Å². The Hall–Kier alpha value is -2.04. The van der Waals surface area contributed by atoms with Gasteiger partial charge in [-0.3, -0.25) is 9.59 Å². The molecule has 1 saturated heterocycles. The van der Waals surface area contributed by atoms with Gasteiger partial charge in [-0.05, 0) is 24.6 Å². The quantitative estimate of drug-likeness (QED) is 0.630. The molecule has 0 saturated carbocycles. The molecule has 0 aromatic heterocycles. The van der Waals surface area contributed by atoms with Crippen molar-refractivity contribution in [2.75, 3.05) is 18.9 Å². The van der Waals surface area contributed by atoms with Crippen LogP contribution in [0.3, 0.4) is 0 Å². The average Bonchev–Trinajstić information content (AvgIpc) is 2.39. The van der Waals surface area contributed by atoms with Crippen molar-refractivity contribution in [3.8, 4) is 0 Å². The highest BCUT2D eigenvalue weighted by Crippen LogP contribution is 2.32. The second kappa shape index (κ2) is 5.73. The van der Waals surface area contributed by atoms with Gasteiger partial charge in [0.05, 0.1) is 12.5 Å². The number of hydrogen-bond acceptors (Lipinski definition) is 4. The molecule has 1 aromatic carbocycles.